The minimum atomic E-state index is -0.611. The van der Waals surface area contributed by atoms with Gasteiger partial charge in [-0.1, -0.05) is 36.4 Å². The van der Waals surface area contributed by atoms with Crippen molar-refractivity contribution in [3.05, 3.63) is 53.7 Å². The van der Waals surface area contributed by atoms with Gasteiger partial charge in [0.25, 0.3) is 0 Å². The Labute approximate surface area is 139 Å². The summed E-state index contributed by atoms with van der Waals surface area (Å²) < 4.78 is 15.2. The van der Waals surface area contributed by atoms with Gasteiger partial charge in [0, 0.05) is 5.39 Å². The Morgan fingerprint density at radius 3 is 2.46 bits per heavy atom. The highest BCUT2D eigenvalue weighted by molar-refractivity contribution is 6.06. The third-order valence-electron chi connectivity index (χ3n) is 3.89. The van der Waals surface area contributed by atoms with E-state index < -0.39 is 11.9 Å². The highest BCUT2D eigenvalue weighted by Gasteiger charge is 2.32. The summed E-state index contributed by atoms with van der Waals surface area (Å²) in [5, 5.41) is 1.96. The molecule has 3 rings (SSSR count). The Balaban J connectivity index is 2.20. The van der Waals surface area contributed by atoms with Crippen LogP contribution >= 0.6 is 0 Å². The lowest BCUT2D eigenvalue weighted by Crippen LogP contribution is -2.38. The Bertz CT molecular complexity index is 822. The topological polar surface area (TPSA) is 65.1 Å². The standard InChI is InChI=1S/C18H17NO5/c1-22-17(20)14-10-24-11-19(16(14)18(21)23-2)15-9-5-7-12-6-3-4-8-13(12)15/h3-9H,10-11H2,1-2H3. The summed E-state index contributed by atoms with van der Waals surface area (Å²) in [5.41, 5.74) is 1.05. The van der Waals surface area contributed by atoms with Gasteiger partial charge in [-0.15, -0.1) is 0 Å². The number of rotatable bonds is 3. The maximum Gasteiger partial charge on any atom is 0.355 e. The number of ether oxygens (including phenoxy) is 3. The van der Waals surface area contributed by atoms with Crippen LogP contribution in [-0.2, 0) is 23.8 Å². The lowest BCUT2D eigenvalue weighted by molar-refractivity contribution is -0.140. The fourth-order valence-electron chi connectivity index (χ4n) is 2.78. The van der Waals surface area contributed by atoms with Gasteiger partial charge in [-0.3, -0.25) is 0 Å². The van der Waals surface area contributed by atoms with E-state index in [1.807, 2.05) is 42.5 Å². The van der Waals surface area contributed by atoms with Crippen molar-refractivity contribution in [2.75, 3.05) is 32.5 Å². The van der Waals surface area contributed by atoms with E-state index in [4.69, 9.17) is 14.2 Å². The molecular weight excluding hydrogens is 310 g/mol. The fourth-order valence-corrected chi connectivity index (χ4v) is 2.78. The maximum atomic E-state index is 12.3. The average molecular weight is 327 g/mol. The van der Waals surface area contributed by atoms with Crippen molar-refractivity contribution >= 4 is 28.4 Å². The number of esters is 2. The lowest BCUT2D eigenvalue weighted by atomic mass is 10.1. The van der Waals surface area contributed by atoms with Crippen LogP contribution in [0, 0.1) is 0 Å². The van der Waals surface area contributed by atoms with Crippen molar-refractivity contribution in [1.29, 1.82) is 0 Å². The summed E-state index contributed by atoms with van der Waals surface area (Å²) in [7, 11) is 2.54. The second-order valence-electron chi connectivity index (χ2n) is 5.21. The van der Waals surface area contributed by atoms with Crippen molar-refractivity contribution in [2.45, 2.75) is 0 Å². The van der Waals surface area contributed by atoms with Crippen LogP contribution in [0.4, 0.5) is 5.69 Å². The van der Waals surface area contributed by atoms with E-state index in [0.717, 1.165) is 16.5 Å². The molecule has 6 nitrogen and oxygen atoms in total. The normalized spacial score (nSPS) is 14.7. The van der Waals surface area contributed by atoms with Crippen LogP contribution in [-0.4, -0.2) is 39.5 Å². The Morgan fingerprint density at radius 2 is 1.71 bits per heavy atom. The number of methoxy groups -OCH3 is 2. The molecular formula is C18H17NO5. The number of carbonyl (C=O) groups is 2. The SMILES string of the molecule is COC(=O)C1=C(C(=O)OC)N(c2cccc3ccccc23)COC1. The van der Waals surface area contributed by atoms with Crippen LogP contribution in [0.25, 0.3) is 10.8 Å². The van der Waals surface area contributed by atoms with Crippen LogP contribution in [0.1, 0.15) is 0 Å². The van der Waals surface area contributed by atoms with E-state index in [-0.39, 0.29) is 24.6 Å². The third kappa shape index (κ3) is 2.72. The first-order valence-corrected chi connectivity index (χ1v) is 7.40. The van der Waals surface area contributed by atoms with Gasteiger partial charge in [-0.25, -0.2) is 9.59 Å². The van der Waals surface area contributed by atoms with Crippen molar-refractivity contribution in [3.63, 3.8) is 0 Å². The van der Waals surface area contributed by atoms with E-state index in [1.54, 1.807) is 4.90 Å². The number of benzene rings is 2. The monoisotopic (exact) mass is 327 g/mol. The van der Waals surface area contributed by atoms with Crippen LogP contribution in [0.5, 0.6) is 0 Å². The van der Waals surface area contributed by atoms with Crippen LogP contribution in [0.2, 0.25) is 0 Å². The summed E-state index contributed by atoms with van der Waals surface area (Å²) in [4.78, 5) is 26.0. The smallest absolute Gasteiger partial charge is 0.355 e. The Kier molecular flexibility index (Phi) is 4.48. The predicted molar refractivity (Wildman–Crippen MR) is 88.3 cm³/mol. The first kappa shape index (κ1) is 16.0. The summed E-state index contributed by atoms with van der Waals surface area (Å²) >= 11 is 0. The number of fused-ring (bicyclic) bond motifs is 1. The number of anilines is 1. The molecule has 1 aliphatic heterocycles. The number of carbonyl (C=O) groups excluding carboxylic acids is 2. The molecule has 0 fully saturated rings. The molecule has 1 heterocycles. The fraction of sp³-hybridized carbons (Fsp3) is 0.222. The third-order valence-corrected chi connectivity index (χ3v) is 3.89. The first-order valence-electron chi connectivity index (χ1n) is 7.40. The maximum absolute atomic E-state index is 12.3. The van der Waals surface area contributed by atoms with Crippen molar-refractivity contribution in [1.82, 2.24) is 0 Å². The number of nitrogens with zero attached hydrogens (tertiary/aromatic N) is 1. The van der Waals surface area contributed by atoms with Gasteiger partial charge in [0.05, 0.1) is 32.1 Å². The summed E-state index contributed by atoms with van der Waals surface area (Å²) in [5.74, 6) is -1.22. The molecule has 2 aromatic rings. The molecule has 2 aromatic carbocycles. The molecule has 0 aliphatic carbocycles. The van der Waals surface area contributed by atoms with Gasteiger partial charge in [0.2, 0.25) is 0 Å². The van der Waals surface area contributed by atoms with Gasteiger partial charge >= 0.3 is 11.9 Å². The van der Waals surface area contributed by atoms with Crippen LogP contribution in [0.15, 0.2) is 53.7 Å². The zero-order valence-corrected chi connectivity index (χ0v) is 13.4. The van der Waals surface area contributed by atoms with Crippen molar-refractivity contribution in [3.8, 4) is 0 Å². The largest absolute Gasteiger partial charge is 0.466 e. The second kappa shape index (κ2) is 6.72. The number of hydrogen-bond donors (Lipinski definition) is 0. The van der Waals surface area contributed by atoms with Gasteiger partial charge in [0.1, 0.15) is 12.4 Å². The molecule has 0 amide bonds. The average Bonchev–Trinajstić information content (AvgIpc) is 2.65. The van der Waals surface area contributed by atoms with E-state index in [1.165, 1.54) is 14.2 Å². The highest BCUT2D eigenvalue weighted by Crippen LogP contribution is 2.32. The zero-order chi connectivity index (χ0) is 17.1. The van der Waals surface area contributed by atoms with Crippen molar-refractivity contribution < 1.29 is 23.8 Å². The lowest BCUT2D eigenvalue weighted by Gasteiger charge is -2.32. The molecule has 0 N–H and O–H groups in total. The molecule has 0 unspecified atom stereocenters. The molecule has 124 valence electrons. The van der Waals surface area contributed by atoms with Crippen LogP contribution in [0.3, 0.4) is 0 Å². The molecule has 0 saturated carbocycles. The van der Waals surface area contributed by atoms with Gasteiger partial charge in [-0.05, 0) is 11.5 Å². The first-order chi connectivity index (χ1) is 11.7. The summed E-state index contributed by atoms with van der Waals surface area (Å²) in [6.07, 6.45) is 0. The molecule has 0 bridgehead atoms. The molecule has 1 aliphatic rings. The highest BCUT2D eigenvalue weighted by atomic mass is 16.5. The van der Waals surface area contributed by atoms with Gasteiger partial charge < -0.3 is 19.1 Å². The van der Waals surface area contributed by atoms with Gasteiger partial charge in [0.15, 0.2) is 0 Å². The molecule has 0 radical (unpaired) electrons. The van der Waals surface area contributed by atoms with Crippen molar-refractivity contribution in [2.24, 2.45) is 0 Å². The molecule has 0 saturated heterocycles. The number of hydrogen-bond acceptors (Lipinski definition) is 6. The quantitative estimate of drug-likeness (QED) is 0.806. The van der Waals surface area contributed by atoms with Crippen LogP contribution < -0.4 is 4.90 Å². The van der Waals surface area contributed by atoms with E-state index in [0.29, 0.717) is 0 Å². The summed E-state index contributed by atoms with van der Waals surface area (Å²) in [6.45, 7) is 0.136. The molecule has 6 heteroatoms. The zero-order valence-electron chi connectivity index (χ0n) is 13.4. The van der Waals surface area contributed by atoms with E-state index >= 15 is 0 Å². The van der Waals surface area contributed by atoms with E-state index in [2.05, 4.69) is 0 Å². The van der Waals surface area contributed by atoms with Gasteiger partial charge in [-0.2, -0.15) is 0 Å². The Hall–Kier alpha value is -2.86. The summed E-state index contributed by atoms with van der Waals surface area (Å²) in [6, 6.07) is 13.5. The second-order valence-corrected chi connectivity index (χ2v) is 5.21. The predicted octanol–water partition coefficient (Wildman–Crippen LogP) is 2.23. The minimum Gasteiger partial charge on any atom is -0.466 e. The Morgan fingerprint density at radius 1 is 1.00 bits per heavy atom. The van der Waals surface area contributed by atoms with E-state index in [9.17, 15) is 9.59 Å². The molecule has 0 spiro atoms. The molecule has 24 heavy (non-hydrogen) atoms. The minimum absolute atomic E-state index is 0.00161. The molecule has 0 aromatic heterocycles. The molecule has 0 atom stereocenters.